The Kier molecular flexibility index (Phi) is 6.03. The molecule has 1 amide bonds. The second kappa shape index (κ2) is 8.87. The van der Waals surface area contributed by atoms with Crippen LogP contribution in [0.15, 0.2) is 24.3 Å². The lowest BCUT2D eigenvalue weighted by molar-refractivity contribution is 0.0762. The summed E-state index contributed by atoms with van der Waals surface area (Å²) in [5.41, 5.74) is 2.82. The second-order valence-corrected chi connectivity index (χ2v) is 7.79. The molecule has 1 aromatic heterocycles. The van der Waals surface area contributed by atoms with Crippen molar-refractivity contribution in [3.8, 4) is 5.75 Å². The van der Waals surface area contributed by atoms with Crippen LogP contribution in [0.3, 0.4) is 0 Å². The van der Waals surface area contributed by atoms with Gasteiger partial charge in [-0.1, -0.05) is 6.07 Å². The fourth-order valence-electron chi connectivity index (χ4n) is 3.98. The van der Waals surface area contributed by atoms with E-state index in [2.05, 4.69) is 4.90 Å². The molecule has 8 nitrogen and oxygen atoms in total. The summed E-state index contributed by atoms with van der Waals surface area (Å²) in [4.78, 5) is 29.0. The number of carbonyl (C=O) groups is 1. The normalized spacial score (nSPS) is 16.6. The number of carbonyl (C=O) groups excluding carboxylic acids is 1. The van der Waals surface area contributed by atoms with Crippen molar-refractivity contribution >= 4 is 17.7 Å². The maximum Gasteiger partial charge on any atom is 0.254 e. The fraction of sp³-hybridized carbons (Fsp3) is 0.500. The molecule has 2 aromatic rings. The summed E-state index contributed by atoms with van der Waals surface area (Å²) in [5.74, 6) is 2.41. The molecule has 1 aromatic carbocycles. The fourth-order valence-corrected chi connectivity index (χ4v) is 3.98. The van der Waals surface area contributed by atoms with Crippen molar-refractivity contribution in [2.75, 3.05) is 70.4 Å². The average Bonchev–Trinajstić information content (AvgIpc) is 3.01. The highest BCUT2D eigenvalue weighted by atomic mass is 16.5. The molecule has 0 bridgehead atoms. The topological polar surface area (TPSA) is 71.0 Å². The predicted octanol–water partition coefficient (Wildman–Crippen LogP) is 1.63. The Hall–Kier alpha value is -2.87. The first kappa shape index (κ1) is 20.4. The molecule has 160 valence electrons. The van der Waals surface area contributed by atoms with E-state index in [1.165, 1.54) is 0 Å². The number of morpholine rings is 1. The van der Waals surface area contributed by atoms with Crippen LogP contribution < -0.4 is 14.5 Å². The van der Waals surface area contributed by atoms with Gasteiger partial charge in [0.15, 0.2) is 0 Å². The van der Waals surface area contributed by atoms with Gasteiger partial charge in [0.2, 0.25) is 5.95 Å². The van der Waals surface area contributed by atoms with Gasteiger partial charge in [0.05, 0.1) is 26.0 Å². The van der Waals surface area contributed by atoms with Gasteiger partial charge in [-0.05, 0) is 24.6 Å². The third kappa shape index (κ3) is 4.18. The minimum absolute atomic E-state index is 0.0227. The molecule has 30 heavy (non-hydrogen) atoms. The molecule has 1 saturated heterocycles. The largest absolute Gasteiger partial charge is 0.497 e. The lowest BCUT2D eigenvalue weighted by Crippen LogP contribution is -2.38. The molecule has 0 aliphatic carbocycles. The summed E-state index contributed by atoms with van der Waals surface area (Å²) in [6.45, 7) is 4.26. The molecule has 0 radical (unpaired) electrons. The van der Waals surface area contributed by atoms with Crippen LogP contribution in [0.25, 0.3) is 0 Å². The molecule has 4 rings (SSSR count). The van der Waals surface area contributed by atoms with Gasteiger partial charge in [-0.25, -0.2) is 4.98 Å². The summed E-state index contributed by atoms with van der Waals surface area (Å²) in [6.07, 6.45) is 1.45. The molecule has 0 saturated carbocycles. The molecule has 3 heterocycles. The van der Waals surface area contributed by atoms with Crippen molar-refractivity contribution in [1.29, 1.82) is 0 Å². The van der Waals surface area contributed by atoms with E-state index < -0.39 is 0 Å². The van der Waals surface area contributed by atoms with Crippen LogP contribution in [0.1, 0.15) is 21.6 Å². The summed E-state index contributed by atoms with van der Waals surface area (Å²) in [5, 5.41) is 0. The van der Waals surface area contributed by atoms with Crippen LogP contribution in [-0.4, -0.2) is 81.4 Å². The van der Waals surface area contributed by atoms with E-state index in [-0.39, 0.29) is 5.91 Å². The van der Waals surface area contributed by atoms with Crippen molar-refractivity contribution in [3.63, 3.8) is 0 Å². The van der Waals surface area contributed by atoms with Crippen LogP contribution in [0.4, 0.5) is 11.8 Å². The highest BCUT2D eigenvalue weighted by molar-refractivity contribution is 5.94. The van der Waals surface area contributed by atoms with Crippen molar-refractivity contribution in [3.05, 3.63) is 41.1 Å². The number of methoxy groups -OCH3 is 1. The van der Waals surface area contributed by atoms with Crippen molar-refractivity contribution in [2.24, 2.45) is 0 Å². The monoisotopic (exact) mass is 411 g/mol. The Bertz CT molecular complexity index is 912. The molecule has 2 aliphatic rings. The number of benzene rings is 1. The first-order chi connectivity index (χ1) is 14.6. The summed E-state index contributed by atoms with van der Waals surface area (Å²) < 4.78 is 10.7. The zero-order chi connectivity index (χ0) is 21.1. The van der Waals surface area contributed by atoms with Crippen LogP contribution in [0.2, 0.25) is 0 Å². The summed E-state index contributed by atoms with van der Waals surface area (Å²) >= 11 is 0. The molecule has 2 aliphatic heterocycles. The van der Waals surface area contributed by atoms with Crippen molar-refractivity contribution in [1.82, 2.24) is 14.9 Å². The smallest absolute Gasteiger partial charge is 0.254 e. The quantitative estimate of drug-likeness (QED) is 0.757. The van der Waals surface area contributed by atoms with E-state index in [4.69, 9.17) is 19.4 Å². The Morgan fingerprint density at radius 1 is 1.10 bits per heavy atom. The van der Waals surface area contributed by atoms with E-state index in [0.29, 0.717) is 44.0 Å². The third-order valence-electron chi connectivity index (χ3n) is 5.63. The number of hydrogen-bond acceptors (Lipinski definition) is 7. The van der Waals surface area contributed by atoms with Crippen LogP contribution in [-0.2, 0) is 17.6 Å². The number of hydrogen-bond donors (Lipinski definition) is 0. The molecule has 0 unspecified atom stereocenters. The molecular formula is C22H29N5O3. The van der Waals surface area contributed by atoms with Gasteiger partial charge in [-0.3, -0.25) is 4.79 Å². The predicted molar refractivity (Wildman–Crippen MR) is 116 cm³/mol. The molecule has 0 N–H and O–H groups in total. The SMILES string of the molecule is COc1cccc(C(=O)N2CCc3nc(N4CCOCC4)nc(N(C)C)c3CC2)c1. The Labute approximate surface area is 177 Å². The van der Waals surface area contributed by atoms with Crippen LogP contribution in [0, 0.1) is 0 Å². The highest BCUT2D eigenvalue weighted by Gasteiger charge is 2.26. The zero-order valence-corrected chi connectivity index (χ0v) is 17.9. The van der Waals surface area contributed by atoms with E-state index in [1.54, 1.807) is 13.2 Å². The molecule has 8 heteroatoms. The summed E-state index contributed by atoms with van der Waals surface area (Å²) in [6, 6.07) is 7.33. The number of ether oxygens (including phenoxy) is 2. The molecule has 0 spiro atoms. The van der Waals surface area contributed by atoms with Gasteiger partial charge in [-0.2, -0.15) is 4.98 Å². The third-order valence-corrected chi connectivity index (χ3v) is 5.63. The van der Waals surface area contributed by atoms with Crippen molar-refractivity contribution in [2.45, 2.75) is 12.8 Å². The van der Waals surface area contributed by atoms with E-state index in [0.717, 1.165) is 42.5 Å². The lowest BCUT2D eigenvalue weighted by Gasteiger charge is -2.28. The van der Waals surface area contributed by atoms with E-state index >= 15 is 0 Å². The standard InChI is InChI=1S/C22H29N5O3/c1-25(2)20-18-7-9-26(21(28)16-5-4-6-17(15-16)29-3)10-8-19(18)23-22(24-20)27-11-13-30-14-12-27/h4-6,15H,7-14H2,1-3H3. The lowest BCUT2D eigenvalue weighted by atomic mass is 10.1. The van der Waals surface area contributed by atoms with Crippen LogP contribution >= 0.6 is 0 Å². The van der Waals surface area contributed by atoms with Gasteiger partial charge in [0.1, 0.15) is 11.6 Å². The Balaban J connectivity index is 1.58. The van der Waals surface area contributed by atoms with Gasteiger partial charge >= 0.3 is 0 Å². The van der Waals surface area contributed by atoms with Crippen LogP contribution in [0.5, 0.6) is 5.75 Å². The maximum atomic E-state index is 13.1. The zero-order valence-electron chi connectivity index (χ0n) is 17.9. The molecule has 1 fully saturated rings. The number of aromatic nitrogens is 2. The maximum absolute atomic E-state index is 13.1. The highest BCUT2D eigenvalue weighted by Crippen LogP contribution is 2.27. The summed E-state index contributed by atoms with van der Waals surface area (Å²) in [7, 11) is 5.63. The van der Waals surface area contributed by atoms with Gasteiger partial charge in [-0.15, -0.1) is 0 Å². The number of fused-ring (bicyclic) bond motifs is 1. The van der Waals surface area contributed by atoms with E-state index in [1.807, 2.05) is 42.1 Å². The molecular weight excluding hydrogens is 382 g/mol. The molecule has 0 atom stereocenters. The first-order valence-corrected chi connectivity index (χ1v) is 10.4. The minimum Gasteiger partial charge on any atom is -0.497 e. The second-order valence-electron chi connectivity index (χ2n) is 7.79. The number of anilines is 2. The van der Waals surface area contributed by atoms with E-state index in [9.17, 15) is 4.79 Å². The minimum atomic E-state index is 0.0227. The van der Waals surface area contributed by atoms with Crippen molar-refractivity contribution < 1.29 is 14.3 Å². The Morgan fingerprint density at radius 2 is 1.87 bits per heavy atom. The van der Waals surface area contributed by atoms with Gasteiger partial charge < -0.3 is 24.2 Å². The van der Waals surface area contributed by atoms with Gasteiger partial charge in [0.25, 0.3) is 5.91 Å². The van der Waals surface area contributed by atoms with Gasteiger partial charge in [0, 0.05) is 57.8 Å². The number of nitrogens with zero attached hydrogens (tertiary/aromatic N) is 5. The number of amides is 1. The Morgan fingerprint density at radius 3 is 2.60 bits per heavy atom. The number of rotatable bonds is 4. The first-order valence-electron chi connectivity index (χ1n) is 10.4. The average molecular weight is 412 g/mol.